The summed E-state index contributed by atoms with van der Waals surface area (Å²) in [7, 11) is 0. The molecule has 158 valence electrons. The summed E-state index contributed by atoms with van der Waals surface area (Å²) in [5, 5.41) is 6.13. The first-order valence-corrected chi connectivity index (χ1v) is 12.0. The van der Waals surface area contributed by atoms with Crippen molar-refractivity contribution in [3.63, 3.8) is 0 Å². The van der Waals surface area contributed by atoms with Crippen LogP contribution >= 0.6 is 23.1 Å². The Morgan fingerprint density at radius 3 is 2.81 bits per heavy atom. The van der Waals surface area contributed by atoms with Gasteiger partial charge in [0.05, 0.1) is 16.7 Å². The monoisotopic (exact) mass is 449 g/mol. The normalized spacial score (nSPS) is 11.0. The van der Waals surface area contributed by atoms with Crippen molar-refractivity contribution in [2.75, 3.05) is 11.1 Å². The van der Waals surface area contributed by atoms with Crippen LogP contribution in [-0.4, -0.2) is 21.2 Å². The fraction of sp³-hybridized carbons (Fsp3) is 0.208. The van der Waals surface area contributed by atoms with Gasteiger partial charge in [-0.05, 0) is 54.1 Å². The molecule has 0 radical (unpaired) electrons. The SMILES string of the molecule is CCc1cccc(NC(=O)CSc2nc3ccccc3c(=O)n2CCc2cccs2)c1. The molecule has 4 aromatic rings. The van der Waals surface area contributed by atoms with Crippen molar-refractivity contribution >= 4 is 45.6 Å². The molecule has 0 aliphatic heterocycles. The molecule has 5 nitrogen and oxygen atoms in total. The molecule has 0 saturated heterocycles. The Hall–Kier alpha value is -2.90. The van der Waals surface area contributed by atoms with E-state index in [-0.39, 0.29) is 17.2 Å². The molecule has 0 unspecified atom stereocenters. The van der Waals surface area contributed by atoms with Crippen molar-refractivity contribution in [3.05, 3.63) is 86.8 Å². The number of para-hydroxylation sites is 1. The zero-order valence-electron chi connectivity index (χ0n) is 17.2. The Labute approximate surface area is 189 Å². The van der Waals surface area contributed by atoms with Gasteiger partial charge in [-0.3, -0.25) is 14.2 Å². The number of thiophene rings is 1. The van der Waals surface area contributed by atoms with Crippen molar-refractivity contribution in [3.8, 4) is 0 Å². The van der Waals surface area contributed by atoms with E-state index in [1.165, 1.54) is 22.2 Å². The highest BCUT2D eigenvalue weighted by Crippen LogP contribution is 2.20. The lowest BCUT2D eigenvalue weighted by molar-refractivity contribution is -0.113. The molecule has 31 heavy (non-hydrogen) atoms. The van der Waals surface area contributed by atoms with Gasteiger partial charge in [-0.25, -0.2) is 4.98 Å². The van der Waals surface area contributed by atoms with E-state index in [0.29, 0.717) is 22.6 Å². The molecule has 1 amide bonds. The van der Waals surface area contributed by atoms with Gasteiger partial charge in [0, 0.05) is 17.1 Å². The number of fused-ring (bicyclic) bond motifs is 1. The summed E-state index contributed by atoms with van der Waals surface area (Å²) in [6.45, 7) is 2.61. The highest BCUT2D eigenvalue weighted by atomic mass is 32.2. The van der Waals surface area contributed by atoms with Gasteiger partial charge < -0.3 is 5.32 Å². The van der Waals surface area contributed by atoms with E-state index < -0.39 is 0 Å². The number of nitrogens with zero attached hydrogens (tertiary/aromatic N) is 2. The topological polar surface area (TPSA) is 64.0 Å². The molecule has 7 heteroatoms. The Balaban J connectivity index is 1.54. The number of rotatable bonds is 8. The maximum Gasteiger partial charge on any atom is 0.262 e. The number of thioether (sulfide) groups is 1. The summed E-state index contributed by atoms with van der Waals surface area (Å²) >= 11 is 2.97. The molecule has 0 saturated carbocycles. The zero-order chi connectivity index (χ0) is 21.6. The van der Waals surface area contributed by atoms with Crippen molar-refractivity contribution in [1.82, 2.24) is 9.55 Å². The van der Waals surface area contributed by atoms with Crippen LogP contribution in [0.1, 0.15) is 17.4 Å². The summed E-state index contributed by atoms with van der Waals surface area (Å²) in [6.07, 6.45) is 1.66. The van der Waals surface area contributed by atoms with Crippen LogP contribution in [0.5, 0.6) is 0 Å². The number of aromatic nitrogens is 2. The van der Waals surface area contributed by atoms with Gasteiger partial charge in [0.25, 0.3) is 5.56 Å². The second kappa shape index (κ2) is 9.94. The molecule has 2 heterocycles. The minimum Gasteiger partial charge on any atom is -0.325 e. The number of benzene rings is 2. The van der Waals surface area contributed by atoms with Crippen LogP contribution in [0.25, 0.3) is 10.9 Å². The summed E-state index contributed by atoms with van der Waals surface area (Å²) < 4.78 is 1.69. The van der Waals surface area contributed by atoms with Gasteiger partial charge in [-0.15, -0.1) is 11.3 Å². The zero-order valence-corrected chi connectivity index (χ0v) is 18.8. The molecule has 0 fully saturated rings. The van der Waals surface area contributed by atoms with E-state index >= 15 is 0 Å². The number of amides is 1. The minimum absolute atomic E-state index is 0.0688. The first-order valence-electron chi connectivity index (χ1n) is 10.2. The fourth-order valence-corrected chi connectivity index (χ4v) is 4.85. The largest absolute Gasteiger partial charge is 0.325 e. The van der Waals surface area contributed by atoms with Crippen LogP contribution in [0.15, 0.2) is 76.0 Å². The van der Waals surface area contributed by atoms with Crippen LogP contribution in [0, 0.1) is 0 Å². The lowest BCUT2D eigenvalue weighted by Gasteiger charge is -2.13. The number of carbonyl (C=O) groups excluding carboxylic acids is 1. The lowest BCUT2D eigenvalue weighted by atomic mass is 10.1. The Bertz CT molecular complexity index is 1250. The smallest absolute Gasteiger partial charge is 0.262 e. The molecule has 2 aromatic heterocycles. The average Bonchev–Trinajstić information content (AvgIpc) is 3.31. The van der Waals surface area contributed by atoms with Crippen LogP contribution in [0.3, 0.4) is 0 Å². The standard InChI is InChI=1S/C24H23N3O2S2/c1-2-17-7-5-8-18(15-17)25-22(28)16-31-24-26-21-11-4-3-10-20(21)23(29)27(24)13-12-19-9-6-14-30-19/h3-11,14-15H,2,12-13,16H2,1H3,(H,25,28). The number of anilines is 1. The van der Waals surface area contributed by atoms with Crippen molar-refractivity contribution in [2.24, 2.45) is 0 Å². The molecule has 1 N–H and O–H groups in total. The van der Waals surface area contributed by atoms with Gasteiger partial charge in [-0.1, -0.05) is 49.0 Å². The Morgan fingerprint density at radius 1 is 1.13 bits per heavy atom. The van der Waals surface area contributed by atoms with Crippen LogP contribution in [-0.2, 0) is 24.2 Å². The van der Waals surface area contributed by atoms with E-state index in [0.717, 1.165) is 18.5 Å². The van der Waals surface area contributed by atoms with E-state index in [9.17, 15) is 9.59 Å². The molecular formula is C24H23N3O2S2. The third-order valence-corrected chi connectivity index (χ3v) is 6.85. The number of carbonyl (C=O) groups is 1. The van der Waals surface area contributed by atoms with E-state index in [2.05, 4.69) is 18.3 Å². The number of nitrogens with one attached hydrogen (secondary N) is 1. The average molecular weight is 450 g/mol. The second-order valence-corrected chi connectivity index (χ2v) is 9.06. The molecule has 4 rings (SSSR count). The quantitative estimate of drug-likeness (QED) is 0.304. The third kappa shape index (κ3) is 5.24. The first kappa shape index (κ1) is 21.3. The number of hydrogen-bond acceptors (Lipinski definition) is 5. The van der Waals surface area contributed by atoms with Gasteiger partial charge >= 0.3 is 0 Å². The summed E-state index contributed by atoms with van der Waals surface area (Å²) in [6, 6.07) is 19.3. The highest BCUT2D eigenvalue weighted by molar-refractivity contribution is 7.99. The molecule has 0 atom stereocenters. The van der Waals surface area contributed by atoms with Crippen LogP contribution in [0.4, 0.5) is 5.69 Å². The number of aryl methyl sites for hydroxylation is 2. The Morgan fingerprint density at radius 2 is 2.00 bits per heavy atom. The fourth-order valence-electron chi connectivity index (χ4n) is 3.33. The maximum atomic E-state index is 13.1. The predicted molar refractivity (Wildman–Crippen MR) is 129 cm³/mol. The second-order valence-electron chi connectivity index (χ2n) is 7.09. The summed E-state index contributed by atoms with van der Waals surface area (Å²) in [5.74, 6) is 0.0608. The lowest BCUT2D eigenvalue weighted by Crippen LogP contribution is -2.25. The van der Waals surface area contributed by atoms with Gasteiger partial charge in [0.1, 0.15) is 0 Å². The van der Waals surface area contributed by atoms with E-state index in [1.54, 1.807) is 22.0 Å². The van der Waals surface area contributed by atoms with Crippen LogP contribution < -0.4 is 10.9 Å². The Kier molecular flexibility index (Phi) is 6.84. The molecule has 2 aromatic carbocycles. The van der Waals surface area contributed by atoms with Gasteiger partial charge in [-0.2, -0.15) is 0 Å². The molecule has 0 spiro atoms. The highest BCUT2D eigenvalue weighted by Gasteiger charge is 2.14. The van der Waals surface area contributed by atoms with Gasteiger partial charge in [0.2, 0.25) is 5.91 Å². The van der Waals surface area contributed by atoms with Crippen molar-refractivity contribution in [2.45, 2.75) is 31.5 Å². The van der Waals surface area contributed by atoms with Crippen molar-refractivity contribution in [1.29, 1.82) is 0 Å². The minimum atomic E-state index is -0.120. The van der Waals surface area contributed by atoms with Crippen molar-refractivity contribution < 1.29 is 4.79 Å². The first-order chi connectivity index (χ1) is 15.1. The van der Waals surface area contributed by atoms with Gasteiger partial charge in [0.15, 0.2) is 5.16 Å². The van der Waals surface area contributed by atoms with E-state index in [4.69, 9.17) is 4.98 Å². The van der Waals surface area contributed by atoms with Crippen LogP contribution in [0.2, 0.25) is 0 Å². The molecule has 0 bridgehead atoms. The molecule has 0 aliphatic carbocycles. The van der Waals surface area contributed by atoms with E-state index in [1.807, 2.05) is 53.9 Å². The number of hydrogen-bond donors (Lipinski definition) is 1. The summed E-state index contributed by atoms with van der Waals surface area (Å²) in [4.78, 5) is 31.6. The summed E-state index contributed by atoms with van der Waals surface area (Å²) in [5.41, 5.74) is 2.54. The molecule has 0 aliphatic rings. The third-order valence-electron chi connectivity index (χ3n) is 4.94. The molecular weight excluding hydrogens is 426 g/mol. The maximum absolute atomic E-state index is 13.1. The predicted octanol–water partition coefficient (Wildman–Crippen LogP) is 4.99.